The highest BCUT2D eigenvalue weighted by Crippen LogP contribution is 2.26. The molecular weight excluding hydrogens is 469 g/mol. The topological polar surface area (TPSA) is 85.4 Å². The summed E-state index contributed by atoms with van der Waals surface area (Å²) >= 11 is 11.5. The van der Waals surface area contributed by atoms with Crippen molar-refractivity contribution in [1.29, 1.82) is 0 Å². The van der Waals surface area contributed by atoms with Gasteiger partial charge in [-0.3, -0.25) is 5.32 Å². The molecule has 15 heteroatoms. The summed E-state index contributed by atoms with van der Waals surface area (Å²) in [7, 11) is 0. The van der Waals surface area contributed by atoms with Crippen molar-refractivity contribution in [2.45, 2.75) is 12.4 Å². The number of halogens is 8. The van der Waals surface area contributed by atoms with E-state index >= 15 is 0 Å². The fraction of sp³-hybridized carbons (Fsp3) is 0.267. The van der Waals surface area contributed by atoms with Gasteiger partial charge in [-0.15, -0.1) is 0 Å². The number of carbonyl (C=O) groups excluding carboxylic acids is 1. The number of carbonyl (C=O) groups is 1. The van der Waals surface area contributed by atoms with Crippen LogP contribution in [0.5, 0.6) is 11.8 Å². The van der Waals surface area contributed by atoms with Gasteiger partial charge in [0, 0.05) is 5.69 Å². The minimum atomic E-state index is -4.74. The highest BCUT2D eigenvalue weighted by atomic mass is 35.5. The Morgan fingerprint density at radius 3 is 1.87 bits per heavy atom. The number of rotatable bonds is 6. The largest absolute Gasteiger partial charge is 0.468 e. The van der Waals surface area contributed by atoms with Gasteiger partial charge < -0.3 is 14.8 Å². The number of hydrogen-bond acceptors (Lipinski definition) is 5. The lowest BCUT2D eigenvalue weighted by Crippen LogP contribution is -2.23. The van der Waals surface area contributed by atoms with E-state index in [1.807, 2.05) is 5.32 Å². The van der Waals surface area contributed by atoms with Crippen LogP contribution in [0.1, 0.15) is 0 Å². The van der Waals surface area contributed by atoms with Gasteiger partial charge in [0.2, 0.25) is 17.7 Å². The first kappa shape index (κ1) is 23.6. The first-order valence-corrected chi connectivity index (χ1v) is 8.37. The van der Waals surface area contributed by atoms with Crippen LogP contribution in [0.2, 0.25) is 10.0 Å². The van der Waals surface area contributed by atoms with Gasteiger partial charge in [-0.1, -0.05) is 23.2 Å². The van der Waals surface area contributed by atoms with E-state index in [2.05, 4.69) is 24.8 Å². The maximum absolute atomic E-state index is 12.3. The van der Waals surface area contributed by atoms with Crippen LogP contribution in [-0.4, -0.2) is 41.6 Å². The summed E-state index contributed by atoms with van der Waals surface area (Å²) in [5.74, 6) is -2.22. The van der Waals surface area contributed by atoms with E-state index < -0.39 is 49.3 Å². The summed E-state index contributed by atoms with van der Waals surface area (Å²) in [5.41, 5.74) is 0.180. The zero-order valence-electron chi connectivity index (χ0n) is 14.4. The highest BCUT2D eigenvalue weighted by molar-refractivity contribution is 6.42. The molecule has 0 spiro atoms. The Morgan fingerprint density at radius 2 is 1.40 bits per heavy atom. The van der Waals surface area contributed by atoms with E-state index in [0.29, 0.717) is 6.07 Å². The summed E-state index contributed by atoms with van der Waals surface area (Å²) in [4.78, 5) is 19.0. The first-order chi connectivity index (χ1) is 13.8. The lowest BCUT2D eigenvalue weighted by molar-refractivity contribution is -0.154. The third-order valence-corrected chi connectivity index (χ3v) is 3.59. The van der Waals surface area contributed by atoms with Crippen LogP contribution in [0.3, 0.4) is 0 Å². The zero-order chi connectivity index (χ0) is 22.5. The molecule has 1 heterocycles. The molecule has 0 atom stereocenters. The maximum atomic E-state index is 12.3. The van der Waals surface area contributed by atoms with E-state index in [-0.39, 0.29) is 15.7 Å². The number of alkyl halides is 6. The number of nitrogens with zero attached hydrogens (tertiary/aromatic N) is 2. The monoisotopic (exact) mass is 478 g/mol. The van der Waals surface area contributed by atoms with Crippen LogP contribution < -0.4 is 20.1 Å². The molecule has 0 aliphatic heterocycles. The second-order valence-corrected chi connectivity index (χ2v) is 6.20. The normalized spacial score (nSPS) is 11.7. The van der Waals surface area contributed by atoms with Gasteiger partial charge in [-0.25, -0.2) is 4.79 Å². The van der Waals surface area contributed by atoms with E-state index in [9.17, 15) is 31.1 Å². The molecule has 0 aliphatic rings. The molecular formula is C15H10Cl2F6N4O3. The number of amides is 2. The molecule has 2 rings (SSSR count). The molecule has 164 valence electrons. The van der Waals surface area contributed by atoms with Crippen molar-refractivity contribution in [3.8, 4) is 11.8 Å². The smallest absolute Gasteiger partial charge is 0.422 e. The molecule has 2 aromatic rings. The highest BCUT2D eigenvalue weighted by Gasteiger charge is 2.30. The second-order valence-electron chi connectivity index (χ2n) is 5.38. The molecule has 7 nitrogen and oxygen atoms in total. The summed E-state index contributed by atoms with van der Waals surface area (Å²) in [6.07, 6.45) is -9.48. The molecule has 0 radical (unpaired) electrons. The molecule has 0 unspecified atom stereocenters. The van der Waals surface area contributed by atoms with Crippen molar-refractivity contribution in [3.63, 3.8) is 0 Å². The van der Waals surface area contributed by atoms with E-state index in [0.717, 1.165) is 0 Å². The molecule has 0 aliphatic carbocycles. The summed E-state index contributed by atoms with van der Waals surface area (Å²) in [6, 6.07) is 3.69. The molecule has 2 amide bonds. The van der Waals surface area contributed by atoms with E-state index in [1.54, 1.807) is 0 Å². The molecule has 0 bridgehead atoms. The van der Waals surface area contributed by atoms with Crippen LogP contribution in [0.4, 0.5) is 42.8 Å². The number of urea groups is 1. The predicted molar refractivity (Wildman–Crippen MR) is 94.2 cm³/mol. The summed E-state index contributed by atoms with van der Waals surface area (Å²) in [6.45, 7) is -3.56. The number of nitrogens with one attached hydrogen (secondary N) is 2. The molecule has 1 aromatic carbocycles. The molecule has 0 saturated heterocycles. The quantitative estimate of drug-likeness (QED) is 0.549. The van der Waals surface area contributed by atoms with Crippen molar-refractivity contribution in [2.75, 3.05) is 23.8 Å². The van der Waals surface area contributed by atoms with Crippen molar-refractivity contribution >= 4 is 40.9 Å². The lowest BCUT2D eigenvalue weighted by Gasteiger charge is -2.13. The van der Waals surface area contributed by atoms with Crippen molar-refractivity contribution in [1.82, 2.24) is 9.97 Å². The third kappa shape index (κ3) is 8.37. The predicted octanol–water partition coefficient (Wildman–Crippen LogP) is 5.31. The SMILES string of the molecule is O=C(Nc1ccc(Cl)c(Cl)c1)Nc1nc(OCC(F)(F)F)cc(OCC(F)(F)F)n1. The number of aromatic nitrogens is 2. The van der Waals surface area contributed by atoms with Crippen LogP contribution in [0.25, 0.3) is 0 Å². The lowest BCUT2D eigenvalue weighted by atomic mass is 10.3. The van der Waals surface area contributed by atoms with Crippen LogP contribution in [0.15, 0.2) is 24.3 Å². The van der Waals surface area contributed by atoms with Crippen molar-refractivity contribution in [3.05, 3.63) is 34.3 Å². The van der Waals surface area contributed by atoms with Gasteiger partial charge in [0.25, 0.3) is 0 Å². The number of hydrogen-bond donors (Lipinski definition) is 2. The van der Waals surface area contributed by atoms with E-state index in [1.165, 1.54) is 18.2 Å². The molecule has 2 N–H and O–H groups in total. The summed E-state index contributed by atoms with van der Waals surface area (Å²) < 4.78 is 82.6. The Morgan fingerprint density at radius 1 is 0.867 bits per heavy atom. The Kier molecular flexibility index (Phi) is 7.42. The van der Waals surface area contributed by atoms with Gasteiger partial charge in [0.1, 0.15) is 0 Å². The Balaban J connectivity index is 2.16. The Labute approximate surface area is 174 Å². The standard InChI is InChI=1S/C15H10Cl2F6N4O3/c16-8-2-1-7(3-9(8)17)24-13(28)27-12-25-10(29-5-14(18,19)20)4-11(26-12)30-6-15(21,22)23/h1-4H,5-6H2,(H2,24,25,26,27,28). The van der Waals surface area contributed by atoms with Crippen molar-refractivity contribution in [2.24, 2.45) is 0 Å². The van der Waals surface area contributed by atoms with Gasteiger partial charge in [0.05, 0.1) is 16.1 Å². The average molecular weight is 479 g/mol. The van der Waals surface area contributed by atoms with Crippen LogP contribution in [-0.2, 0) is 0 Å². The second kappa shape index (κ2) is 9.43. The first-order valence-electron chi connectivity index (χ1n) is 7.62. The molecule has 0 fully saturated rings. The zero-order valence-corrected chi connectivity index (χ0v) is 15.9. The Bertz CT molecular complexity index is 875. The average Bonchev–Trinajstić information content (AvgIpc) is 2.60. The van der Waals surface area contributed by atoms with Crippen LogP contribution >= 0.6 is 23.2 Å². The van der Waals surface area contributed by atoms with Gasteiger partial charge >= 0.3 is 18.4 Å². The number of ether oxygens (including phenoxy) is 2. The molecule has 0 saturated carbocycles. The molecule has 1 aromatic heterocycles. The fourth-order valence-electron chi connectivity index (χ4n) is 1.76. The van der Waals surface area contributed by atoms with Gasteiger partial charge in [0.15, 0.2) is 13.2 Å². The molecule has 30 heavy (non-hydrogen) atoms. The summed E-state index contributed by atoms with van der Waals surface area (Å²) in [5, 5.41) is 4.66. The van der Waals surface area contributed by atoms with Gasteiger partial charge in [-0.05, 0) is 18.2 Å². The third-order valence-electron chi connectivity index (χ3n) is 2.85. The van der Waals surface area contributed by atoms with E-state index in [4.69, 9.17) is 23.2 Å². The minimum Gasteiger partial charge on any atom is -0.468 e. The number of benzene rings is 1. The van der Waals surface area contributed by atoms with Crippen LogP contribution in [0, 0.1) is 0 Å². The van der Waals surface area contributed by atoms with Gasteiger partial charge in [-0.2, -0.15) is 36.3 Å². The fourth-order valence-corrected chi connectivity index (χ4v) is 2.06. The van der Waals surface area contributed by atoms with Crippen molar-refractivity contribution < 1.29 is 40.6 Å². The maximum Gasteiger partial charge on any atom is 0.422 e. The minimum absolute atomic E-state index is 0.121. The number of anilines is 2. The Hall–Kier alpha value is -2.67.